The van der Waals surface area contributed by atoms with Crippen molar-refractivity contribution in [3.8, 4) is 0 Å². The summed E-state index contributed by atoms with van der Waals surface area (Å²) >= 11 is 0. The molecule has 0 saturated carbocycles. The van der Waals surface area contributed by atoms with Crippen LogP contribution in [0.2, 0.25) is 0 Å². The van der Waals surface area contributed by atoms with Crippen molar-refractivity contribution in [1.29, 1.82) is 0 Å². The summed E-state index contributed by atoms with van der Waals surface area (Å²) in [6, 6.07) is 0. The van der Waals surface area contributed by atoms with Crippen molar-refractivity contribution in [2.24, 2.45) is 0 Å². The molecule has 0 spiro atoms. The Hall–Kier alpha value is -2.08. The molecule has 0 amide bonds. The molecule has 440 valence electrons. The van der Waals surface area contributed by atoms with Crippen LogP contribution in [0.1, 0.15) is 73.1 Å². The molecule has 0 bridgehead atoms. The van der Waals surface area contributed by atoms with Crippen molar-refractivity contribution in [3.05, 3.63) is 47.6 Å². The van der Waals surface area contributed by atoms with E-state index in [1.54, 1.807) is 13.8 Å². The van der Waals surface area contributed by atoms with Crippen LogP contribution in [-0.2, 0) is 47.4 Å². The first-order valence-electron chi connectivity index (χ1n) is 25.7. The first-order chi connectivity index (χ1) is 35.9. The Kier molecular flexibility index (Phi) is 25.2. The summed E-state index contributed by atoms with van der Waals surface area (Å²) in [6.07, 6.45) is -27.8. The SMILES string of the molecule is C=C[C@](C)(CC/C=C(\CO)CC/C=C(\C)CC/C=C(/C)CO[C@@H]1O[C@H](CO[C@@H]2O[C@@H](C)[C@H](O)[C@@H](O)[C@H]2O)[C@@H](O[C@@H]2O[C@@H](C)[C@H](O)[C@@H](O)[C@H]2O)[C@H](O)[C@H]1O)O[C@@H]1O[C@H](CO)[C@@H](O[C@@H]2O[C@H](CO)[C@@H](O)[C@H](O)[C@H]2O)[C@H](O)[C@H]1O. The van der Waals surface area contributed by atoms with Crippen molar-refractivity contribution in [2.75, 3.05) is 33.0 Å². The van der Waals surface area contributed by atoms with Gasteiger partial charge in [-0.1, -0.05) is 35.5 Å². The van der Waals surface area contributed by atoms with Gasteiger partial charge in [0.1, 0.15) is 110 Å². The van der Waals surface area contributed by atoms with E-state index < -0.39 is 179 Å². The highest BCUT2D eigenvalue weighted by molar-refractivity contribution is 5.09. The monoisotopic (exact) mass is 1100 g/mol. The van der Waals surface area contributed by atoms with Crippen LogP contribution in [0.25, 0.3) is 0 Å². The minimum atomic E-state index is -1.81. The van der Waals surface area contributed by atoms with Gasteiger partial charge in [0.2, 0.25) is 0 Å². The molecule has 5 saturated heterocycles. The number of aliphatic hydroxyl groups is 16. The smallest absolute Gasteiger partial charge is 0.187 e. The van der Waals surface area contributed by atoms with Crippen molar-refractivity contribution in [1.82, 2.24) is 0 Å². The molecule has 5 heterocycles. The van der Waals surface area contributed by atoms with E-state index in [1.165, 1.54) is 19.9 Å². The van der Waals surface area contributed by atoms with E-state index >= 15 is 0 Å². The van der Waals surface area contributed by atoms with Crippen LogP contribution < -0.4 is 0 Å². The molecule has 5 aliphatic heterocycles. The molecule has 76 heavy (non-hydrogen) atoms. The summed E-state index contributed by atoms with van der Waals surface area (Å²) in [5.41, 5.74) is 1.44. The maximum Gasteiger partial charge on any atom is 0.187 e. The third kappa shape index (κ3) is 16.3. The van der Waals surface area contributed by atoms with Gasteiger partial charge in [0, 0.05) is 0 Å². The van der Waals surface area contributed by atoms with Crippen LogP contribution in [0.4, 0.5) is 0 Å². The Labute approximate surface area is 441 Å². The lowest BCUT2D eigenvalue weighted by molar-refractivity contribution is -0.365. The number of allylic oxidation sites excluding steroid dienone is 4. The van der Waals surface area contributed by atoms with E-state index in [2.05, 4.69) is 12.7 Å². The fraction of sp³-hybridized carbons (Fsp3) is 0.840. The van der Waals surface area contributed by atoms with Crippen LogP contribution >= 0.6 is 0 Å². The molecule has 5 aliphatic rings. The van der Waals surface area contributed by atoms with E-state index in [1.807, 2.05) is 19.1 Å². The molecule has 5 rings (SSSR count). The average Bonchev–Trinajstić information content (AvgIpc) is 3.40. The number of hydrogen-bond donors (Lipinski definition) is 16. The molecule has 0 radical (unpaired) electrons. The van der Waals surface area contributed by atoms with Gasteiger partial charge in [-0.25, -0.2) is 0 Å². The zero-order valence-corrected chi connectivity index (χ0v) is 43.5. The van der Waals surface area contributed by atoms with Gasteiger partial charge in [-0.2, -0.15) is 0 Å². The zero-order valence-electron chi connectivity index (χ0n) is 43.5. The van der Waals surface area contributed by atoms with Gasteiger partial charge in [-0.05, 0) is 78.7 Å². The number of ether oxygens (including phenoxy) is 10. The lowest BCUT2D eigenvalue weighted by atomic mass is 9.95. The Morgan fingerprint density at radius 1 is 0.487 bits per heavy atom. The maximum atomic E-state index is 11.3. The van der Waals surface area contributed by atoms with Gasteiger partial charge in [0.05, 0.1) is 50.8 Å². The first-order valence-corrected chi connectivity index (χ1v) is 25.7. The molecule has 26 nitrogen and oxygen atoms in total. The maximum absolute atomic E-state index is 11.3. The van der Waals surface area contributed by atoms with Gasteiger partial charge in [-0.15, -0.1) is 6.58 Å². The Bertz CT molecular complexity index is 1860. The predicted molar refractivity (Wildman–Crippen MR) is 259 cm³/mol. The lowest BCUT2D eigenvalue weighted by Gasteiger charge is -2.47. The van der Waals surface area contributed by atoms with E-state index in [0.717, 1.165) is 16.7 Å². The van der Waals surface area contributed by atoms with E-state index in [9.17, 15) is 81.7 Å². The minimum Gasteiger partial charge on any atom is -0.394 e. The molecule has 0 aliphatic carbocycles. The van der Waals surface area contributed by atoms with Crippen molar-refractivity contribution in [3.63, 3.8) is 0 Å². The second-order valence-corrected chi connectivity index (χ2v) is 20.5. The van der Waals surface area contributed by atoms with Gasteiger partial charge < -0.3 is 129 Å². The fourth-order valence-electron chi connectivity index (χ4n) is 9.33. The summed E-state index contributed by atoms with van der Waals surface area (Å²) in [5, 5.41) is 167. The predicted octanol–water partition coefficient (Wildman–Crippen LogP) is -4.76. The molecule has 26 heteroatoms. The van der Waals surface area contributed by atoms with Gasteiger partial charge >= 0.3 is 0 Å². The topological polar surface area (TPSA) is 416 Å². The molecule has 0 aromatic heterocycles. The normalized spacial score (nSPS) is 43.9. The van der Waals surface area contributed by atoms with Gasteiger partial charge in [0.15, 0.2) is 31.5 Å². The summed E-state index contributed by atoms with van der Waals surface area (Å²) in [5.74, 6) is 0. The number of hydrogen-bond acceptors (Lipinski definition) is 26. The van der Waals surface area contributed by atoms with Crippen LogP contribution in [0, 0.1) is 0 Å². The molecular formula is C50H84O26. The molecular weight excluding hydrogens is 1020 g/mol. The van der Waals surface area contributed by atoms with Gasteiger partial charge in [0.25, 0.3) is 0 Å². The Morgan fingerprint density at radius 2 is 0.947 bits per heavy atom. The van der Waals surface area contributed by atoms with E-state index in [0.29, 0.717) is 38.5 Å². The van der Waals surface area contributed by atoms with Crippen molar-refractivity contribution in [2.45, 2.75) is 232 Å². The third-order valence-electron chi connectivity index (χ3n) is 14.5. The first kappa shape index (κ1) is 64.7. The van der Waals surface area contributed by atoms with Crippen molar-refractivity contribution >= 4 is 0 Å². The highest BCUT2D eigenvalue weighted by atomic mass is 16.8. The Balaban J connectivity index is 1.09. The van der Waals surface area contributed by atoms with Crippen LogP contribution in [-0.4, -0.2) is 274 Å². The number of aliphatic hydroxyl groups excluding tert-OH is 16. The summed E-state index contributed by atoms with van der Waals surface area (Å²) in [7, 11) is 0. The average molecular weight is 1100 g/mol. The molecule has 0 aromatic carbocycles. The van der Waals surface area contributed by atoms with E-state index in [4.69, 9.17) is 47.4 Å². The van der Waals surface area contributed by atoms with Crippen LogP contribution in [0.3, 0.4) is 0 Å². The minimum absolute atomic E-state index is 0.0433. The molecule has 0 unspecified atom stereocenters. The molecule has 26 atom stereocenters. The Morgan fingerprint density at radius 3 is 1.53 bits per heavy atom. The molecule has 5 fully saturated rings. The zero-order chi connectivity index (χ0) is 56.3. The highest BCUT2D eigenvalue weighted by Gasteiger charge is 2.53. The van der Waals surface area contributed by atoms with Crippen LogP contribution in [0.15, 0.2) is 47.6 Å². The van der Waals surface area contributed by atoms with Crippen molar-refractivity contribution < 1.29 is 129 Å². The van der Waals surface area contributed by atoms with Gasteiger partial charge in [-0.3, -0.25) is 0 Å². The largest absolute Gasteiger partial charge is 0.394 e. The second kappa shape index (κ2) is 29.6. The summed E-state index contributed by atoms with van der Waals surface area (Å²) in [6.45, 7) is 9.97. The van der Waals surface area contributed by atoms with Crippen LogP contribution in [0.5, 0.6) is 0 Å². The lowest BCUT2D eigenvalue weighted by Crippen LogP contribution is -2.65. The number of rotatable bonds is 25. The third-order valence-corrected chi connectivity index (χ3v) is 14.5. The molecule has 16 N–H and O–H groups in total. The highest BCUT2D eigenvalue weighted by Crippen LogP contribution is 2.35. The van der Waals surface area contributed by atoms with E-state index in [-0.39, 0.29) is 13.2 Å². The fourth-order valence-corrected chi connectivity index (χ4v) is 9.33. The molecule has 0 aromatic rings. The summed E-state index contributed by atoms with van der Waals surface area (Å²) < 4.78 is 57.4. The quantitative estimate of drug-likeness (QED) is 0.0382. The summed E-state index contributed by atoms with van der Waals surface area (Å²) in [4.78, 5) is 0. The standard InChI is InChI=1S/C50H84O26/c1-7-50(6,76-49-42(66)37(61)43(28(19-53)72-49)74-48-40(64)35(59)32(56)27(18-52)71-48)16-10-15-26(17-51)14-9-12-22(2)11-8-13-23(3)20-67-46-41(65)36(60)44(75-47-39(63)34(58)31(55)25(5)70-47)29(73-46)21-68-45-38(62)33(57)30(54)24(4)69-45/h7,12-13,15,24-25,27-49,51-66H,1,8-11,14,16-21H2,2-6H3/b22-12+,23-13-,26-15-/t24-,25-,27+,28+,29+,30-,31-,32+,33+,34+,35-,36+,37+,38+,39+,40+,41+,42+,43+,44+,45+,46+,47-,48-,49-,50+/m0/s1. The second-order valence-electron chi connectivity index (χ2n) is 20.5.